The summed E-state index contributed by atoms with van der Waals surface area (Å²) in [6.07, 6.45) is 4.99. The maximum absolute atomic E-state index is 9.21. The fourth-order valence-corrected chi connectivity index (χ4v) is 12.0. The molecule has 0 spiro atoms. The van der Waals surface area contributed by atoms with E-state index in [1.165, 1.54) is 44.5 Å². The minimum atomic E-state index is -0.894. The van der Waals surface area contributed by atoms with Crippen molar-refractivity contribution >= 4 is 12.2 Å². The van der Waals surface area contributed by atoms with Gasteiger partial charge in [-0.2, -0.15) is 0 Å². The van der Waals surface area contributed by atoms with Crippen molar-refractivity contribution in [2.75, 3.05) is 13.2 Å². The van der Waals surface area contributed by atoms with Gasteiger partial charge in [0.25, 0.3) is 0 Å². The van der Waals surface area contributed by atoms with E-state index in [4.69, 9.17) is 10.2 Å². The molecule has 0 aromatic heterocycles. The molecule has 0 fully saturated rings. The number of phenolic OH excluding ortho intramolecular Hbond substituents is 1. The number of aryl methyl sites for hydroxylation is 2. The topological polar surface area (TPSA) is 60.7 Å². The predicted octanol–water partition coefficient (Wildman–Crippen LogP) is 12.3. The van der Waals surface area contributed by atoms with Gasteiger partial charge in [0.2, 0.25) is 0 Å². The van der Waals surface area contributed by atoms with Crippen molar-refractivity contribution in [2.45, 2.75) is 87.3 Å². The Kier molecular flexibility index (Phi) is 13.3. The van der Waals surface area contributed by atoms with Gasteiger partial charge in [-0.05, 0) is 25.0 Å². The third kappa shape index (κ3) is 9.34. The minimum absolute atomic E-state index is 0.125. The second-order valence-electron chi connectivity index (χ2n) is 16.8. The Morgan fingerprint density at radius 2 is 0.852 bits per heavy atom. The van der Waals surface area contributed by atoms with Gasteiger partial charge >= 0.3 is 261 Å². The summed E-state index contributed by atoms with van der Waals surface area (Å²) in [5, 5.41) is 24.5. The van der Waals surface area contributed by atoms with Crippen molar-refractivity contribution in [1.29, 1.82) is 0 Å². The molecule has 2 aliphatic rings. The van der Waals surface area contributed by atoms with Crippen LogP contribution in [0.3, 0.4) is 0 Å². The molecule has 0 heterocycles. The Labute approximate surface area is 336 Å². The molecule has 3 N–H and O–H groups in total. The Morgan fingerprint density at radius 1 is 0.500 bits per heavy atom. The van der Waals surface area contributed by atoms with Gasteiger partial charge in [-0.15, -0.1) is 0 Å². The first-order chi connectivity index (χ1) is 25.5. The van der Waals surface area contributed by atoms with Crippen LogP contribution in [0.1, 0.15) is 107 Å². The van der Waals surface area contributed by atoms with E-state index in [1.54, 1.807) is 22.3 Å². The molecule has 280 valence electrons. The first kappa shape index (κ1) is 41.3. The van der Waals surface area contributed by atoms with E-state index in [-0.39, 0.29) is 24.0 Å². The molecule has 2 unspecified atom stereocenters. The van der Waals surface area contributed by atoms with E-state index in [9.17, 15) is 5.11 Å². The maximum atomic E-state index is 9.21. The largest absolute Gasteiger partial charge is 0.507 e. The van der Waals surface area contributed by atoms with E-state index in [0.29, 0.717) is 13.0 Å². The summed E-state index contributed by atoms with van der Waals surface area (Å²) >= 11 is -0.894. The number of phenols is 1. The molecule has 5 aromatic rings. The average molecular weight is 798 g/mol. The van der Waals surface area contributed by atoms with Gasteiger partial charge in [0.1, 0.15) is 5.75 Å². The van der Waals surface area contributed by atoms with E-state index in [2.05, 4.69) is 152 Å². The third-order valence-corrected chi connectivity index (χ3v) is 16.0. The number of allylic oxidation sites excluding steroid dienone is 2. The van der Waals surface area contributed by atoms with Crippen molar-refractivity contribution < 1.29 is 38.6 Å². The number of aliphatic hydroxyl groups excluding tert-OH is 2. The number of para-hydroxylation sites is 1. The van der Waals surface area contributed by atoms with Gasteiger partial charge in [-0.3, -0.25) is 0 Å². The van der Waals surface area contributed by atoms with Crippen LogP contribution in [-0.4, -0.2) is 28.5 Å². The molecule has 0 aliphatic heterocycles. The molecule has 54 heavy (non-hydrogen) atoms. The first-order valence-electron chi connectivity index (χ1n) is 19.1. The Balaban J connectivity index is 0.000000367. The van der Waals surface area contributed by atoms with E-state index in [0.717, 1.165) is 11.1 Å². The number of rotatable bonds is 5. The zero-order chi connectivity index (χ0) is 39.4. The number of hydrogen-bond donors (Lipinski definition) is 3. The molecule has 3 nitrogen and oxygen atoms in total. The summed E-state index contributed by atoms with van der Waals surface area (Å²) in [5.74, 6) is 0.414. The molecule has 2 aliphatic carbocycles. The van der Waals surface area contributed by atoms with Crippen LogP contribution in [-0.2, 0) is 34.1 Å². The molecule has 0 radical (unpaired) electrons. The van der Waals surface area contributed by atoms with Crippen LogP contribution in [0, 0.1) is 13.8 Å². The number of benzene rings is 5. The predicted molar refractivity (Wildman–Crippen MR) is 226 cm³/mol. The van der Waals surface area contributed by atoms with E-state index < -0.39 is 23.2 Å². The molecule has 0 bridgehead atoms. The third-order valence-electron chi connectivity index (χ3n) is 10.6. The van der Waals surface area contributed by atoms with Crippen LogP contribution in [0.4, 0.5) is 0 Å². The Hall–Kier alpha value is -3.82. The zero-order valence-electron chi connectivity index (χ0n) is 33.9. The second-order valence-corrected chi connectivity index (χ2v) is 20.4. The van der Waals surface area contributed by atoms with Crippen molar-refractivity contribution in [3.05, 3.63) is 159 Å². The van der Waals surface area contributed by atoms with Crippen LogP contribution in [0.15, 0.2) is 114 Å². The maximum Gasteiger partial charge on any atom is 0.121 e. The van der Waals surface area contributed by atoms with Gasteiger partial charge in [-0.25, -0.2) is 0 Å². The summed E-state index contributed by atoms with van der Waals surface area (Å²) in [7, 11) is 0. The van der Waals surface area contributed by atoms with E-state index >= 15 is 0 Å². The number of aliphatic hydroxyl groups is 2. The van der Waals surface area contributed by atoms with Crippen molar-refractivity contribution in [1.82, 2.24) is 0 Å². The molecular weight excluding hydrogens is 740 g/mol. The van der Waals surface area contributed by atoms with Gasteiger partial charge < -0.3 is 15.3 Å². The monoisotopic (exact) mass is 796 g/mol. The quantitative estimate of drug-likeness (QED) is 0.166. The van der Waals surface area contributed by atoms with Gasteiger partial charge in [0.05, 0.1) is 13.2 Å². The standard InChI is InChI=1S/2C20H21.C8H10O.C2H6O2.Zr/c2*1-14-12-16-6-5-7-18(19(16)13-14)15-8-10-17(11-9-15)20(2,3)4;1-6-4-3-5-7(2)8(6)9;3-1-2-4;/h2*5-13H,1-4H3;3-5,9H,1-2H3;3-4H,1-2H2;. The van der Waals surface area contributed by atoms with Gasteiger partial charge in [0, 0.05) is 0 Å². The van der Waals surface area contributed by atoms with Crippen molar-refractivity contribution in [2.24, 2.45) is 0 Å². The molecule has 2 atom stereocenters. The summed E-state index contributed by atoms with van der Waals surface area (Å²) in [6.45, 7) is 22.0. The molecule has 0 amide bonds. The molecule has 7 rings (SSSR count). The number of hydrogen-bond acceptors (Lipinski definition) is 3. The summed E-state index contributed by atoms with van der Waals surface area (Å²) in [6, 6.07) is 38.3. The number of fused-ring (bicyclic) bond motifs is 2. The molecule has 0 saturated heterocycles. The summed E-state index contributed by atoms with van der Waals surface area (Å²) in [5.41, 5.74) is 19.5. The second kappa shape index (κ2) is 17.3. The van der Waals surface area contributed by atoms with Crippen LogP contribution in [0.25, 0.3) is 34.4 Å². The normalized spacial score (nSPS) is 15.9. The Morgan fingerprint density at radius 3 is 1.17 bits per heavy atom. The summed E-state index contributed by atoms with van der Waals surface area (Å²) < 4.78 is 1.22. The zero-order valence-corrected chi connectivity index (χ0v) is 36.3. The fraction of sp³-hybridized carbons (Fsp3) is 0.320. The first-order valence-corrected chi connectivity index (χ1v) is 22.0. The molecule has 4 heteroatoms. The molecule has 5 aromatic carbocycles. The molecule has 0 saturated carbocycles. The van der Waals surface area contributed by atoms with Crippen LogP contribution in [0.5, 0.6) is 5.75 Å². The molecular formula is C50H58O3Zr. The van der Waals surface area contributed by atoms with Gasteiger partial charge in [0.15, 0.2) is 0 Å². The van der Waals surface area contributed by atoms with Crippen molar-refractivity contribution in [3.63, 3.8) is 0 Å². The Bertz CT molecular complexity index is 1970. The SMILES string of the molecule is CC1=Cc2c(-c3ccc(C(C)(C)C)cc3)cccc2[CH]1[Zr][CH]1C(C)=Cc2c(-c3ccc(C(C)(C)C)cc3)cccc21.Cc1cccc(C)c1O.OCCO. The minimum Gasteiger partial charge on any atom is -0.507 e. The fourth-order valence-electron chi connectivity index (χ4n) is 7.32. The van der Waals surface area contributed by atoms with Gasteiger partial charge in [-0.1, -0.05) is 18.2 Å². The van der Waals surface area contributed by atoms with Crippen LogP contribution in [0.2, 0.25) is 0 Å². The van der Waals surface area contributed by atoms with Crippen molar-refractivity contribution in [3.8, 4) is 28.0 Å². The van der Waals surface area contributed by atoms with Crippen LogP contribution >= 0.6 is 0 Å². The van der Waals surface area contributed by atoms with E-state index in [1.807, 2.05) is 32.0 Å². The summed E-state index contributed by atoms with van der Waals surface area (Å²) in [4.78, 5) is 0. The van der Waals surface area contributed by atoms with Crippen LogP contribution < -0.4 is 0 Å². The number of aromatic hydroxyl groups is 1. The average Bonchev–Trinajstić information content (AvgIpc) is 3.64. The smallest absolute Gasteiger partial charge is 0.121 e.